The SMILES string of the molecule is Oc1cnc(N(CCN2CCCC2)c2ccncc2)nc1. The Labute approximate surface area is 124 Å². The Kier molecular flexibility index (Phi) is 4.25. The third kappa shape index (κ3) is 3.46. The van der Waals surface area contributed by atoms with Crippen molar-refractivity contribution >= 4 is 11.6 Å². The van der Waals surface area contributed by atoms with Gasteiger partial charge in [0, 0.05) is 31.2 Å². The van der Waals surface area contributed by atoms with Crippen molar-refractivity contribution in [1.82, 2.24) is 19.9 Å². The molecule has 2 aromatic rings. The molecule has 0 atom stereocenters. The zero-order chi connectivity index (χ0) is 14.5. The molecule has 3 heterocycles. The number of hydrogen-bond acceptors (Lipinski definition) is 6. The van der Waals surface area contributed by atoms with E-state index in [9.17, 15) is 5.11 Å². The first kappa shape index (κ1) is 13.8. The summed E-state index contributed by atoms with van der Waals surface area (Å²) in [5, 5.41) is 9.35. The van der Waals surface area contributed by atoms with E-state index < -0.39 is 0 Å². The van der Waals surface area contributed by atoms with E-state index in [1.165, 1.54) is 38.3 Å². The van der Waals surface area contributed by atoms with Gasteiger partial charge < -0.3 is 14.9 Å². The van der Waals surface area contributed by atoms with Gasteiger partial charge in [-0.25, -0.2) is 9.97 Å². The zero-order valence-electron chi connectivity index (χ0n) is 11.9. The Morgan fingerprint density at radius 2 is 1.76 bits per heavy atom. The molecule has 0 spiro atoms. The Morgan fingerprint density at radius 3 is 2.43 bits per heavy atom. The van der Waals surface area contributed by atoms with Crippen molar-refractivity contribution in [3.05, 3.63) is 36.9 Å². The van der Waals surface area contributed by atoms with Gasteiger partial charge in [-0.2, -0.15) is 0 Å². The highest BCUT2D eigenvalue weighted by Gasteiger charge is 2.16. The molecule has 1 fully saturated rings. The second-order valence-electron chi connectivity index (χ2n) is 5.15. The van der Waals surface area contributed by atoms with Crippen LogP contribution in [0.3, 0.4) is 0 Å². The first-order valence-corrected chi connectivity index (χ1v) is 7.24. The summed E-state index contributed by atoms with van der Waals surface area (Å²) in [5.74, 6) is 0.672. The molecule has 0 radical (unpaired) electrons. The van der Waals surface area contributed by atoms with Crippen molar-refractivity contribution in [1.29, 1.82) is 0 Å². The minimum Gasteiger partial charge on any atom is -0.505 e. The first-order chi connectivity index (χ1) is 10.3. The molecule has 21 heavy (non-hydrogen) atoms. The van der Waals surface area contributed by atoms with Gasteiger partial charge in [0.1, 0.15) is 0 Å². The van der Waals surface area contributed by atoms with E-state index in [1.54, 1.807) is 12.4 Å². The fraction of sp³-hybridized carbons (Fsp3) is 0.400. The number of hydrogen-bond donors (Lipinski definition) is 1. The van der Waals surface area contributed by atoms with Crippen LogP contribution in [0.25, 0.3) is 0 Å². The third-order valence-corrected chi connectivity index (χ3v) is 3.68. The van der Waals surface area contributed by atoms with Crippen LogP contribution < -0.4 is 4.90 Å². The summed E-state index contributed by atoms with van der Waals surface area (Å²) in [7, 11) is 0. The second kappa shape index (κ2) is 6.49. The molecule has 1 saturated heterocycles. The summed E-state index contributed by atoms with van der Waals surface area (Å²) in [6.45, 7) is 4.13. The number of nitrogens with zero attached hydrogens (tertiary/aromatic N) is 5. The van der Waals surface area contributed by atoms with E-state index in [0.717, 1.165) is 18.8 Å². The van der Waals surface area contributed by atoms with Crippen LogP contribution in [0.15, 0.2) is 36.9 Å². The van der Waals surface area contributed by atoms with Gasteiger partial charge in [-0.1, -0.05) is 0 Å². The van der Waals surface area contributed by atoms with Gasteiger partial charge in [0.15, 0.2) is 5.75 Å². The number of rotatable bonds is 5. The summed E-state index contributed by atoms with van der Waals surface area (Å²) >= 11 is 0. The first-order valence-electron chi connectivity index (χ1n) is 7.24. The number of likely N-dealkylation sites (tertiary alicyclic amines) is 1. The lowest BCUT2D eigenvalue weighted by atomic mass is 10.3. The predicted octanol–water partition coefficient (Wildman–Crippen LogP) is 1.81. The van der Waals surface area contributed by atoms with Crippen LogP contribution in [0.4, 0.5) is 11.6 Å². The molecule has 0 aliphatic carbocycles. The lowest BCUT2D eigenvalue weighted by molar-refractivity contribution is 0.347. The Bertz CT molecular complexity index is 554. The second-order valence-corrected chi connectivity index (χ2v) is 5.15. The lowest BCUT2D eigenvalue weighted by Crippen LogP contribution is -2.32. The van der Waals surface area contributed by atoms with Gasteiger partial charge in [0.2, 0.25) is 5.95 Å². The van der Waals surface area contributed by atoms with Crippen LogP contribution in [0.2, 0.25) is 0 Å². The van der Waals surface area contributed by atoms with Crippen molar-refractivity contribution < 1.29 is 5.11 Å². The maximum atomic E-state index is 9.35. The molecule has 0 aromatic carbocycles. The number of aromatic hydroxyl groups is 1. The van der Waals surface area contributed by atoms with Gasteiger partial charge in [0.25, 0.3) is 0 Å². The van der Waals surface area contributed by atoms with E-state index in [4.69, 9.17) is 0 Å². The number of aromatic nitrogens is 3. The average molecular weight is 285 g/mol. The van der Waals surface area contributed by atoms with Crippen molar-refractivity contribution in [3.8, 4) is 5.75 Å². The molecule has 1 N–H and O–H groups in total. The largest absolute Gasteiger partial charge is 0.505 e. The Balaban J connectivity index is 1.78. The van der Waals surface area contributed by atoms with Crippen molar-refractivity contribution in [2.45, 2.75) is 12.8 Å². The van der Waals surface area contributed by atoms with Crippen LogP contribution in [0.1, 0.15) is 12.8 Å². The smallest absolute Gasteiger partial charge is 0.230 e. The van der Waals surface area contributed by atoms with E-state index in [0.29, 0.717) is 5.95 Å². The van der Waals surface area contributed by atoms with Crippen LogP contribution in [-0.4, -0.2) is 51.1 Å². The minimum atomic E-state index is 0.0768. The summed E-state index contributed by atoms with van der Waals surface area (Å²) in [6, 6.07) is 3.89. The standard InChI is InChI=1S/C15H19N5O/c21-14-11-17-15(18-12-14)20(13-3-5-16-6-4-13)10-9-19-7-1-2-8-19/h3-6,11-12,21H,1-2,7-10H2. The summed E-state index contributed by atoms with van der Waals surface area (Å²) in [6.07, 6.45) is 8.94. The molecule has 2 aromatic heterocycles. The van der Waals surface area contributed by atoms with E-state index in [1.807, 2.05) is 12.1 Å². The summed E-state index contributed by atoms with van der Waals surface area (Å²) < 4.78 is 0. The Hall–Kier alpha value is -2.21. The highest BCUT2D eigenvalue weighted by Crippen LogP contribution is 2.22. The van der Waals surface area contributed by atoms with E-state index in [2.05, 4.69) is 24.8 Å². The molecule has 110 valence electrons. The maximum absolute atomic E-state index is 9.35. The van der Waals surface area contributed by atoms with Gasteiger partial charge >= 0.3 is 0 Å². The molecule has 6 heteroatoms. The molecule has 0 amide bonds. The molecular formula is C15H19N5O. The van der Waals surface area contributed by atoms with Gasteiger partial charge in [-0.3, -0.25) is 4.98 Å². The molecule has 1 aliphatic heterocycles. The molecule has 6 nitrogen and oxygen atoms in total. The average Bonchev–Trinajstić information content (AvgIpc) is 3.04. The third-order valence-electron chi connectivity index (χ3n) is 3.68. The Morgan fingerprint density at radius 1 is 1.10 bits per heavy atom. The minimum absolute atomic E-state index is 0.0768. The van der Waals surface area contributed by atoms with Crippen molar-refractivity contribution in [2.24, 2.45) is 0 Å². The summed E-state index contributed by atoms with van der Waals surface area (Å²) in [5.41, 5.74) is 1.01. The van der Waals surface area contributed by atoms with E-state index in [-0.39, 0.29) is 5.75 Å². The monoisotopic (exact) mass is 285 g/mol. The van der Waals surface area contributed by atoms with Crippen LogP contribution >= 0.6 is 0 Å². The topological polar surface area (TPSA) is 65.4 Å². The fourth-order valence-corrected chi connectivity index (χ4v) is 2.57. The molecule has 0 saturated carbocycles. The predicted molar refractivity (Wildman–Crippen MR) is 80.6 cm³/mol. The number of pyridine rings is 1. The van der Waals surface area contributed by atoms with Crippen molar-refractivity contribution in [3.63, 3.8) is 0 Å². The highest BCUT2D eigenvalue weighted by atomic mass is 16.3. The van der Waals surface area contributed by atoms with Crippen molar-refractivity contribution in [2.75, 3.05) is 31.1 Å². The molecule has 0 bridgehead atoms. The van der Waals surface area contributed by atoms with Gasteiger partial charge in [-0.15, -0.1) is 0 Å². The molecule has 0 unspecified atom stereocenters. The van der Waals surface area contributed by atoms with E-state index >= 15 is 0 Å². The van der Waals surface area contributed by atoms with Crippen LogP contribution in [0, 0.1) is 0 Å². The quantitative estimate of drug-likeness (QED) is 0.904. The molecule has 3 rings (SSSR count). The van der Waals surface area contributed by atoms with Crippen LogP contribution in [0.5, 0.6) is 5.75 Å². The van der Waals surface area contributed by atoms with Gasteiger partial charge in [-0.05, 0) is 38.1 Å². The molecular weight excluding hydrogens is 266 g/mol. The van der Waals surface area contributed by atoms with Gasteiger partial charge in [0.05, 0.1) is 12.4 Å². The molecule has 1 aliphatic rings. The maximum Gasteiger partial charge on any atom is 0.230 e. The lowest BCUT2D eigenvalue weighted by Gasteiger charge is -2.25. The fourth-order valence-electron chi connectivity index (χ4n) is 2.57. The zero-order valence-corrected chi connectivity index (χ0v) is 11.9. The van der Waals surface area contributed by atoms with Crippen LogP contribution in [-0.2, 0) is 0 Å². The normalized spacial score (nSPS) is 15.2. The highest BCUT2D eigenvalue weighted by molar-refractivity contribution is 5.56. The number of anilines is 2. The summed E-state index contributed by atoms with van der Waals surface area (Å²) in [4.78, 5) is 17.0.